The first-order valence-electron chi connectivity index (χ1n) is 9.07. The van der Waals surface area contributed by atoms with Gasteiger partial charge < -0.3 is 14.6 Å². The van der Waals surface area contributed by atoms with Gasteiger partial charge in [0.2, 0.25) is 0 Å². The van der Waals surface area contributed by atoms with Gasteiger partial charge in [-0.3, -0.25) is 4.79 Å². The van der Waals surface area contributed by atoms with Gasteiger partial charge in [-0.15, -0.1) is 11.3 Å². The van der Waals surface area contributed by atoms with Crippen LogP contribution < -0.4 is 10.1 Å². The van der Waals surface area contributed by atoms with Crippen LogP contribution in [-0.2, 0) is 11.3 Å². The second-order valence-electron chi connectivity index (χ2n) is 6.60. The highest BCUT2D eigenvalue weighted by atomic mass is 32.1. The maximum absolute atomic E-state index is 12.5. The number of benzene rings is 1. The Morgan fingerprint density at radius 2 is 2.03 bits per heavy atom. The molecular weight excluding hydrogens is 384 g/mol. The molecule has 0 unspecified atom stereocenters. The van der Waals surface area contributed by atoms with Gasteiger partial charge in [-0.05, 0) is 62.7 Å². The van der Waals surface area contributed by atoms with Gasteiger partial charge in [-0.2, -0.15) is 5.26 Å². The fourth-order valence-corrected chi connectivity index (χ4v) is 3.81. The third kappa shape index (κ3) is 4.55. The lowest BCUT2D eigenvalue weighted by atomic mass is 10.1. The molecule has 0 aliphatic carbocycles. The largest absolute Gasteiger partial charge is 0.497 e. The van der Waals surface area contributed by atoms with Crippen LogP contribution in [-0.4, -0.2) is 22.6 Å². The summed E-state index contributed by atoms with van der Waals surface area (Å²) in [6.45, 7) is 6.17. The molecule has 0 atom stereocenters. The van der Waals surface area contributed by atoms with E-state index in [0.717, 1.165) is 39.1 Å². The Hall–Kier alpha value is -3.37. The molecule has 0 aliphatic rings. The molecule has 2 aromatic heterocycles. The van der Waals surface area contributed by atoms with Gasteiger partial charge in [0.1, 0.15) is 22.4 Å². The van der Waals surface area contributed by atoms with Crippen LogP contribution in [0.1, 0.15) is 27.7 Å². The number of amides is 1. The number of thiazole rings is 1. The molecule has 0 saturated carbocycles. The van der Waals surface area contributed by atoms with Crippen LogP contribution in [0.2, 0.25) is 0 Å². The van der Waals surface area contributed by atoms with E-state index in [0.29, 0.717) is 6.54 Å². The first kappa shape index (κ1) is 20.4. The summed E-state index contributed by atoms with van der Waals surface area (Å²) in [5.41, 5.74) is 4.76. The zero-order valence-electron chi connectivity index (χ0n) is 16.8. The minimum Gasteiger partial charge on any atom is -0.497 e. The number of nitrogens with zero attached hydrogens (tertiary/aromatic N) is 3. The van der Waals surface area contributed by atoms with Crippen molar-refractivity contribution in [1.82, 2.24) is 14.9 Å². The highest BCUT2D eigenvalue weighted by Crippen LogP contribution is 2.24. The molecule has 0 bridgehead atoms. The molecule has 0 saturated heterocycles. The quantitative estimate of drug-likeness (QED) is 0.494. The van der Waals surface area contributed by atoms with Gasteiger partial charge in [0, 0.05) is 28.1 Å². The van der Waals surface area contributed by atoms with Gasteiger partial charge in [-0.25, -0.2) is 4.98 Å². The van der Waals surface area contributed by atoms with Crippen molar-refractivity contribution in [2.45, 2.75) is 27.3 Å². The van der Waals surface area contributed by atoms with Crippen molar-refractivity contribution in [3.63, 3.8) is 0 Å². The number of nitriles is 1. The number of ether oxygens (including phenoxy) is 1. The van der Waals surface area contributed by atoms with Crippen molar-refractivity contribution in [2.75, 3.05) is 7.11 Å². The van der Waals surface area contributed by atoms with Crippen LogP contribution in [0.15, 0.2) is 41.3 Å². The summed E-state index contributed by atoms with van der Waals surface area (Å²) >= 11 is 1.48. The Kier molecular flexibility index (Phi) is 6.15. The molecule has 3 aromatic rings. The minimum absolute atomic E-state index is 0.0632. The van der Waals surface area contributed by atoms with E-state index >= 15 is 0 Å². The summed E-state index contributed by atoms with van der Waals surface area (Å²) < 4.78 is 7.30. The number of aromatic nitrogens is 2. The van der Waals surface area contributed by atoms with E-state index in [9.17, 15) is 10.1 Å². The average molecular weight is 407 g/mol. The van der Waals surface area contributed by atoms with Crippen LogP contribution in [0.4, 0.5) is 0 Å². The van der Waals surface area contributed by atoms with E-state index in [1.165, 1.54) is 11.3 Å². The Balaban J connectivity index is 1.83. The lowest BCUT2D eigenvalue weighted by Gasteiger charge is -2.10. The van der Waals surface area contributed by atoms with E-state index < -0.39 is 5.91 Å². The molecule has 1 amide bonds. The molecule has 0 fully saturated rings. The molecular formula is C22H22N4O2S. The maximum Gasteiger partial charge on any atom is 0.262 e. The van der Waals surface area contributed by atoms with Crippen LogP contribution in [0.25, 0.3) is 11.8 Å². The molecule has 148 valence electrons. The van der Waals surface area contributed by atoms with Gasteiger partial charge in [0.25, 0.3) is 5.91 Å². The van der Waals surface area contributed by atoms with E-state index in [2.05, 4.69) is 14.9 Å². The summed E-state index contributed by atoms with van der Waals surface area (Å²) in [6.07, 6.45) is 1.63. The molecule has 1 N–H and O–H groups in total. The fraction of sp³-hybridized carbons (Fsp3) is 0.227. The van der Waals surface area contributed by atoms with Crippen molar-refractivity contribution in [1.29, 1.82) is 5.26 Å². The Morgan fingerprint density at radius 1 is 1.31 bits per heavy atom. The smallest absolute Gasteiger partial charge is 0.262 e. The highest BCUT2D eigenvalue weighted by Gasteiger charge is 2.14. The Bertz CT molecular complexity index is 1100. The second kappa shape index (κ2) is 8.76. The second-order valence-corrected chi connectivity index (χ2v) is 7.54. The first-order valence-corrected chi connectivity index (χ1v) is 9.95. The topological polar surface area (TPSA) is 79.9 Å². The summed E-state index contributed by atoms with van der Waals surface area (Å²) in [4.78, 5) is 16.8. The predicted octanol–water partition coefficient (Wildman–Crippen LogP) is 4.09. The number of carbonyl (C=O) groups is 1. The molecule has 0 aliphatic heterocycles. The highest BCUT2D eigenvalue weighted by molar-refractivity contribution is 7.09. The maximum atomic E-state index is 12.5. The average Bonchev–Trinajstić information content (AvgIpc) is 3.26. The van der Waals surface area contributed by atoms with Crippen molar-refractivity contribution in [3.8, 4) is 17.5 Å². The standard InChI is InChI=1S/C22H22N4O2S/c1-14-13-29-21(25-14)12-24-22(27)18(11-23)10-17-9-15(2)26(16(17)3)19-5-7-20(28-4)8-6-19/h5-10,13H,12H2,1-4H3,(H,24,27)/b18-10-. The molecule has 1 aromatic carbocycles. The number of carbonyl (C=O) groups excluding carboxylic acids is 1. The SMILES string of the molecule is COc1ccc(-n2c(C)cc(/C=C(/C#N)C(=O)NCc3nc(C)cs3)c2C)cc1. The third-order valence-electron chi connectivity index (χ3n) is 4.53. The van der Waals surface area contributed by atoms with Crippen LogP contribution >= 0.6 is 11.3 Å². The number of aryl methyl sites for hydroxylation is 2. The van der Waals surface area contributed by atoms with Gasteiger partial charge in [0.15, 0.2) is 0 Å². The minimum atomic E-state index is -0.408. The number of nitrogens with one attached hydrogen (secondary N) is 1. The fourth-order valence-electron chi connectivity index (χ4n) is 3.10. The number of hydrogen-bond acceptors (Lipinski definition) is 5. The molecule has 2 heterocycles. The molecule has 0 radical (unpaired) electrons. The van der Waals surface area contributed by atoms with Crippen molar-refractivity contribution < 1.29 is 9.53 Å². The zero-order valence-corrected chi connectivity index (χ0v) is 17.6. The summed E-state index contributed by atoms with van der Waals surface area (Å²) in [5, 5.41) is 15.0. The van der Waals surface area contributed by atoms with Crippen LogP contribution in [0.5, 0.6) is 5.75 Å². The third-order valence-corrected chi connectivity index (χ3v) is 5.50. The van der Waals surface area contributed by atoms with Crippen LogP contribution in [0.3, 0.4) is 0 Å². The summed E-state index contributed by atoms with van der Waals surface area (Å²) in [6, 6.07) is 11.7. The van der Waals surface area contributed by atoms with E-state index in [4.69, 9.17) is 4.74 Å². The van der Waals surface area contributed by atoms with Crippen molar-refractivity contribution in [3.05, 3.63) is 68.9 Å². The zero-order chi connectivity index (χ0) is 21.0. The predicted molar refractivity (Wildman–Crippen MR) is 114 cm³/mol. The summed E-state index contributed by atoms with van der Waals surface area (Å²) in [7, 11) is 1.63. The molecule has 6 nitrogen and oxygen atoms in total. The van der Waals surface area contributed by atoms with Crippen LogP contribution in [0, 0.1) is 32.1 Å². The summed E-state index contributed by atoms with van der Waals surface area (Å²) in [5.74, 6) is 0.379. The molecule has 3 rings (SSSR count). The van der Waals surface area contributed by atoms with Gasteiger partial charge in [0.05, 0.1) is 13.7 Å². The lowest BCUT2D eigenvalue weighted by molar-refractivity contribution is -0.117. The van der Waals surface area contributed by atoms with Crippen molar-refractivity contribution >= 4 is 23.3 Å². The number of rotatable bonds is 6. The van der Waals surface area contributed by atoms with E-state index in [1.807, 2.05) is 62.6 Å². The Labute approximate surface area is 174 Å². The normalized spacial score (nSPS) is 11.2. The first-order chi connectivity index (χ1) is 13.9. The van der Waals surface area contributed by atoms with Gasteiger partial charge in [-0.1, -0.05) is 0 Å². The molecule has 29 heavy (non-hydrogen) atoms. The van der Waals surface area contributed by atoms with Gasteiger partial charge >= 0.3 is 0 Å². The Morgan fingerprint density at radius 3 is 2.62 bits per heavy atom. The van der Waals surface area contributed by atoms with E-state index in [-0.39, 0.29) is 5.57 Å². The lowest BCUT2D eigenvalue weighted by Crippen LogP contribution is -2.23. The van der Waals surface area contributed by atoms with Crippen molar-refractivity contribution in [2.24, 2.45) is 0 Å². The molecule has 7 heteroatoms. The number of hydrogen-bond donors (Lipinski definition) is 1. The number of methoxy groups -OCH3 is 1. The molecule has 0 spiro atoms. The monoisotopic (exact) mass is 406 g/mol. The van der Waals surface area contributed by atoms with E-state index in [1.54, 1.807) is 13.2 Å².